The molecular weight excluding hydrogens is 150 g/mol. The number of Topliss-reactive ketones (excluding diaryl/α,β-unsaturated/α-hetero) is 1. The van der Waals surface area contributed by atoms with Crippen molar-refractivity contribution in [1.29, 1.82) is 0 Å². The normalized spacial score (nSPS) is 10.7. The highest BCUT2D eigenvalue weighted by atomic mass is 16.1. The summed E-state index contributed by atoms with van der Waals surface area (Å²) < 4.78 is 1.97. The summed E-state index contributed by atoms with van der Waals surface area (Å²) in [4.78, 5) is 11.6. The fourth-order valence-corrected chi connectivity index (χ4v) is 1.21. The van der Waals surface area contributed by atoms with Crippen molar-refractivity contribution in [3.63, 3.8) is 0 Å². The van der Waals surface area contributed by atoms with Crippen molar-refractivity contribution in [2.24, 2.45) is 5.92 Å². The molecule has 0 aliphatic rings. The molecule has 0 unspecified atom stereocenters. The van der Waals surface area contributed by atoms with Crippen molar-refractivity contribution in [1.82, 2.24) is 4.57 Å². The lowest BCUT2D eigenvalue weighted by molar-refractivity contribution is 0.0930. The molecule has 0 spiro atoms. The summed E-state index contributed by atoms with van der Waals surface area (Å²) in [6, 6.07) is 3.80. The molecule has 0 fully saturated rings. The maximum absolute atomic E-state index is 11.6. The Balaban J connectivity index is 2.94. The lowest BCUT2D eigenvalue weighted by Crippen LogP contribution is -2.12. The first-order valence-corrected chi connectivity index (χ1v) is 4.36. The molecule has 0 N–H and O–H groups in total. The van der Waals surface area contributed by atoms with E-state index >= 15 is 0 Å². The molecule has 2 nitrogen and oxygen atoms in total. The fourth-order valence-electron chi connectivity index (χ4n) is 1.21. The molecule has 2 heteroatoms. The standard InChI is InChI=1S/C10H15NO/c1-4-11-7-5-6-9(11)10(12)8(2)3/h5-8H,4H2,1-3H3. The smallest absolute Gasteiger partial charge is 0.181 e. The summed E-state index contributed by atoms with van der Waals surface area (Å²) in [6.45, 7) is 6.75. The van der Waals surface area contributed by atoms with Crippen LogP contribution in [0.1, 0.15) is 31.3 Å². The Hall–Kier alpha value is -1.05. The fraction of sp³-hybridized carbons (Fsp3) is 0.500. The third-order valence-corrected chi connectivity index (χ3v) is 1.95. The summed E-state index contributed by atoms with van der Waals surface area (Å²) in [5, 5.41) is 0. The van der Waals surface area contributed by atoms with Gasteiger partial charge >= 0.3 is 0 Å². The van der Waals surface area contributed by atoms with Gasteiger partial charge in [-0.3, -0.25) is 4.79 Å². The van der Waals surface area contributed by atoms with E-state index in [1.54, 1.807) is 0 Å². The van der Waals surface area contributed by atoms with Gasteiger partial charge in [0, 0.05) is 18.7 Å². The Kier molecular flexibility index (Phi) is 2.69. The van der Waals surface area contributed by atoms with Crippen LogP contribution in [-0.4, -0.2) is 10.4 Å². The largest absolute Gasteiger partial charge is 0.345 e. The Morgan fingerprint density at radius 1 is 1.58 bits per heavy atom. The van der Waals surface area contributed by atoms with Crippen molar-refractivity contribution in [3.8, 4) is 0 Å². The molecule has 1 aromatic heterocycles. The molecule has 0 amide bonds. The third kappa shape index (κ3) is 1.58. The van der Waals surface area contributed by atoms with Gasteiger partial charge in [-0.05, 0) is 19.1 Å². The van der Waals surface area contributed by atoms with E-state index in [1.165, 1.54) is 0 Å². The van der Waals surface area contributed by atoms with Crippen LogP contribution >= 0.6 is 0 Å². The van der Waals surface area contributed by atoms with E-state index in [1.807, 2.05) is 43.7 Å². The van der Waals surface area contributed by atoms with E-state index in [4.69, 9.17) is 0 Å². The van der Waals surface area contributed by atoms with Crippen molar-refractivity contribution < 1.29 is 4.79 Å². The predicted molar refractivity (Wildman–Crippen MR) is 49.3 cm³/mol. The molecule has 0 radical (unpaired) electrons. The minimum absolute atomic E-state index is 0.0881. The van der Waals surface area contributed by atoms with Crippen molar-refractivity contribution in [2.45, 2.75) is 27.3 Å². The number of nitrogens with zero attached hydrogens (tertiary/aromatic N) is 1. The molecule has 12 heavy (non-hydrogen) atoms. The van der Waals surface area contributed by atoms with E-state index in [0.29, 0.717) is 0 Å². The van der Waals surface area contributed by atoms with Gasteiger partial charge in [0.05, 0.1) is 5.69 Å². The van der Waals surface area contributed by atoms with Crippen LogP contribution in [0.3, 0.4) is 0 Å². The Bertz CT molecular complexity index is 273. The van der Waals surface area contributed by atoms with Gasteiger partial charge in [0.15, 0.2) is 5.78 Å². The lowest BCUT2D eigenvalue weighted by atomic mass is 10.1. The molecule has 0 bridgehead atoms. The minimum atomic E-state index is 0.0881. The highest BCUT2D eigenvalue weighted by Crippen LogP contribution is 2.09. The average molecular weight is 165 g/mol. The molecule has 0 saturated heterocycles. The van der Waals surface area contributed by atoms with Gasteiger partial charge in [-0.2, -0.15) is 0 Å². The Labute approximate surface area is 73.2 Å². The summed E-state index contributed by atoms with van der Waals surface area (Å²) in [5.41, 5.74) is 0.826. The number of hydrogen-bond donors (Lipinski definition) is 0. The molecule has 66 valence electrons. The van der Waals surface area contributed by atoms with Crippen molar-refractivity contribution in [2.75, 3.05) is 0 Å². The molecule has 1 rings (SSSR count). The maximum atomic E-state index is 11.6. The topological polar surface area (TPSA) is 22.0 Å². The highest BCUT2D eigenvalue weighted by Gasteiger charge is 2.12. The van der Waals surface area contributed by atoms with Crippen LogP contribution in [0.2, 0.25) is 0 Å². The van der Waals surface area contributed by atoms with E-state index in [9.17, 15) is 4.79 Å². The number of rotatable bonds is 3. The Morgan fingerprint density at radius 2 is 2.25 bits per heavy atom. The summed E-state index contributed by atoms with van der Waals surface area (Å²) >= 11 is 0. The molecule has 0 aliphatic carbocycles. The molecule has 1 aromatic rings. The van der Waals surface area contributed by atoms with E-state index < -0.39 is 0 Å². The zero-order valence-electron chi connectivity index (χ0n) is 7.87. The lowest BCUT2D eigenvalue weighted by Gasteiger charge is -2.06. The average Bonchev–Trinajstić information content (AvgIpc) is 2.49. The first-order chi connectivity index (χ1) is 5.66. The minimum Gasteiger partial charge on any atom is -0.345 e. The van der Waals surface area contributed by atoms with Crippen LogP contribution in [0.25, 0.3) is 0 Å². The molecular formula is C10H15NO. The van der Waals surface area contributed by atoms with E-state index in [0.717, 1.165) is 12.2 Å². The van der Waals surface area contributed by atoms with Gasteiger partial charge in [0.25, 0.3) is 0 Å². The molecule has 0 saturated carbocycles. The second-order valence-electron chi connectivity index (χ2n) is 3.20. The molecule has 0 aromatic carbocycles. The number of carbonyl (C=O) groups is 1. The van der Waals surface area contributed by atoms with E-state index in [2.05, 4.69) is 0 Å². The first kappa shape index (κ1) is 9.04. The summed E-state index contributed by atoms with van der Waals surface area (Å²) in [5.74, 6) is 0.312. The van der Waals surface area contributed by atoms with Crippen LogP contribution < -0.4 is 0 Å². The van der Waals surface area contributed by atoms with E-state index in [-0.39, 0.29) is 11.7 Å². The monoisotopic (exact) mass is 165 g/mol. The van der Waals surface area contributed by atoms with Crippen LogP contribution in [0.4, 0.5) is 0 Å². The SMILES string of the molecule is CCn1cccc1C(=O)C(C)C. The third-order valence-electron chi connectivity index (χ3n) is 1.95. The van der Waals surface area contributed by atoms with Gasteiger partial charge < -0.3 is 4.57 Å². The maximum Gasteiger partial charge on any atom is 0.181 e. The summed E-state index contributed by atoms with van der Waals surface area (Å²) in [6.07, 6.45) is 1.94. The summed E-state index contributed by atoms with van der Waals surface area (Å²) in [7, 11) is 0. The zero-order valence-corrected chi connectivity index (χ0v) is 7.87. The number of ketones is 1. The number of hydrogen-bond acceptors (Lipinski definition) is 1. The number of aromatic nitrogens is 1. The molecule has 1 heterocycles. The van der Waals surface area contributed by atoms with Crippen LogP contribution in [0.15, 0.2) is 18.3 Å². The second-order valence-corrected chi connectivity index (χ2v) is 3.20. The van der Waals surface area contributed by atoms with Crippen LogP contribution in [0.5, 0.6) is 0 Å². The van der Waals surface area contributed by atoms with Gasteiger partial charge in [-0.1, -0.05) is 13.8 Å². The zero-order chi connectivity index (χ0) is 9.14. The van der Waals surface area contributed by atoms with Gasteiger partial charge in [-0.15, -0.1) is 0 Å². The first-order valence-electron chi connectivity index (χ1n) is 4.36. The van der Waals surface area contributed by atoms with Crippen LogP contribution in [0, 0.1) is 5.92 Å². The number of carbonyl (C=O) groups excluding carboxylic acids is 1. The highest BCUT2D eigenvalue weighted by molar-refractivity contribution is 5.96. The predicted octanol–water partition coefficient (Wildman–Crippen LogP) is 2.35. The second kappa shape index (κ2) is 3.57. The number of aryl methyl sites for hydroxylation is 1. The molecule has 0 aliphatic heterocycles. The van der Waals surface area contributed by atoms with Crippen molar-refractivity contribution >= 4 is 5.78 Å². The molecule has 0 atom stereocenters. The van der Waals surface area contributed by atoms with Crippen molar-refractivity contribution in [3.05, 3.63) is 24.0 Å². The van der Waals surface area contributed by atoms with Gasteiger partial charge in [0.2, 0.25) is 0 Å². The van der Waals surface area contributed by atoms with Gasteiger partial charge in [-0.25, -0.2) is 0 Å². The van der Waals surface area contributed by atoms with Crippen LogP contribution in [-0.2, 0) is 6.54 Å². The van der Waals surface area contributed by atoms with Gasteiger partial charge in [0.1, 0.15) is 0 Å². The Morgan fingerprint density at radius 3 is 2.75 bits per heavy atom. The quantitative estimate of drug-likeness (QED) is 0.630.